The lowest BCUT2D eigenvalue weighted by Gasteiger charge is -2.06. The fourth-order valence-corrected chi connectivity index (χ4v) is 1.67. The van der Waals surface area contributed by atoms with Crippen molar-refractivity contribution in [1.82, 2.24) is 19.9 Å². The van der Waals surface area contributed by atoms with E-state index in [1.54, 1.807) is 0 Å². The lowest BCUT2D eigenvalue weighted by atomic mass is 10.4. The fourth-order valence-electron chi connectivity index (χ4n) is 1.33. The van der Waals surface area contributed by atoms with Crippen LogP contribution >= 0.6 is 15.9 Å². The van der Waals surface area contributed by atoms with Crippen LogP contribution < -0.4 is 5.32 Å². The molecule has 0 aliphatic rings. The maximum Gasteiger partial charge on any atom is 0.160 e. The third kappa shape index (κ3) is 2.35. The molecule has 4 nitrogen and oxygen atoms in total. The van der Waals surface area contributed by atoms with Crippen molar-refractivity contribution < 1.29 is 0 Å². The topological polar surface area (TPSA) is 42.2 Å². The zero-order valence-corrected chi connectivity index (χ0v) is 10.3. The first-order valence-electron chi connectivity index (χ1n) is 4.89. The summed E-state index contributed by atoms with van der Waals surface area (Å²) in [6.07, 6.45) is 1.98. The van der Waals surface area contributed by atoms with Gasteiger partial charge in [-0.2, -0.15) is 0 Å². The van der Waals surface area contributed by atoms with Gasteiger partial charge < -0.3 is 5.32 Å². The molecule has 0 spiro atoms. The van der Waals surface area contributed by atoms with Gasteiger partial charge in [0.2, 0.25) is 0 Å². The summed E-state index contributed by atoms with van der Waals surface area (Å²) in [6.45, 7) is 4.95. The SMILES string of the molecule is CC(C)NCc1nnc2ccc(Br)cn12. The molecule has 0 fully saturated rings. The second kappa shape index (κ2) is 4.28. The number of hydrogen-bond acceptors (Lipinski definition) is 3. The van der Waals surface area contributed by atoms with Gasteiger partial charge in [-0.3, -0.25) is 4.40 Å². The molecule has 5 heteroatoms. The molecule has 80 valence electrons. The summed E-state index contributed by atoms with van der Waals surface area (Å²) in [5.74, 6) is 0.931. The molecule has 0 atom stereocenters. The van der Waals surface area contributed by atoms with Crippen molar-refractivity contribution in [2.75, 3.05) is 0 Å². The first-order valence-corrected chi connectivity index (χ1v) is 5.68. The molecular weight excluding hydrogens is 256 g/mol. The zero-order chi connectivity index (χ0) is 10.8. The van der Waals surface area contributed by atoms with Gasteiger partial charge in [0.05, 0.1) is 6.54 Å². The van der Waals surface area contributed by atoms with Crippen molar-refractivity contribution in [3.05, 3.63) is 28.6 Å². The lowest BCUT2D eigenvalue weighted by Crippen LogP contribution is -2.23. The zero-order valence-electron chi connectivity index (χ0n) is 8.74. The summed E-state index contributed by atoms with van der Waals surface area (Å²) in [5.41, 5.74) is 0.874. The largest absolute Gasteiger partial charge is 0.308 e. The highest BCUT2D eigenvalue weighted by Gasteiger charge is 2.05. The third-order valence-electron chi connectivity index (χ3n) is 2.11. The van der Waals surface area contributed by atoms with E-state index in [1.807, 2.05) is 22.7 Å². The summed E-state index contributed by atoms with van der Waals surface area (Å²) < 4.78 is 3.01. The Kier molecular flexibility index (Phi) is 3.02. The van der Waals surface area contributed by atoms with E-state index in [1.165, 1.54) is 0 Å². The molecule has 2 heterocycles. The monoisotopic (exact) mass is 268 g/mol. The van der Waals surface area contributed by atoms with E-state index < -0.39 is 0 Å². The Labute approximate surface area is 96.8 Å². The standard InChI is InChI=1S/C10H13BrN4/c1-7(2)12-5-10-14-13-9-4-3-8(11)6-15(9)10/h3-4,6-7,12H,5H2,1-2H3. The van der Waals surface area contributed by atoms with Crippen LogP contribution in [-0.2, 0) is 6.54 Å². The molecule has 1 N–H and O–H groups in total. The van der Waals surface area contributed by atoms with Crippen LogP contribution in [-0.4, -0.2) is 20.6 Å². The quantitative estimate of drug-likeness (QED) is 0.926. The highest BCUT2D eigenvalue weighted by molar-refractivity contribution is 9.10. The van der Waals surface area contributed by atoms with Crippen molar-refractivity contribution in [2.24, 2.45) is 0 Å². The Morgan fingerprint density at radius 2 is 2.20 bits per heavy atom. The second-order valence-corrected chi connectivity index (χ2v) is 4.64. The number of rotatable bonds is 3. The molecule has 15 heavy (non-hydrogen) atoms. The Bertz CT molecular complexity index is 463. The highest BCUT2D eigenvalue weighted by atomic mass is 79.9. The van der Waals surface area contributed by atoms with Crippen LogP contribution in [0, 0.1) is 0 Å². The van der Waals surface area contributed by atoms with Crippen LogP contribution in [0.3, 0.4) is 0 Å². The summed E-state index contributed by atoms with van der Waals surface area (Å²) in [7, 11) is 0. The van der Waals surface area contributed by atoms with Crippen LogP contribution in [0.15, 0.2) is 22.8 Å². The Morgan fingerprint density at radius 1 is 1.40 bits per heavy atom. The van der Waals surface area contributed by atoms with Crippen LogP contribution in [0.5, 0.6) is 0 Å². The number of nitrogens with zero attached hydrogens (tertiary/aromatic N) is 3. The third-order valence-corrected chi connectivity index (χ3v) is 2.57. The maximum absolute atomic E-state index is 4.14. The van der Waals surface area contributed by atoms with Gasteiger partial charge in [0.15, 0.2) is 11.5 Å². The second-order valence-electron chi connectivity index (χ2n) is 3.73. The molecule has 0 aromatic carbocycles. The van der Waals surface area contributed by atoms with E-state index >= 15 is 0 Å². The van der Waals surface area contributed by atoms with Gasteiger partial charge >= 0.3 is 0 Å². The molecular formula is C10H13BrN4. The minimum absolute atomic E-state index is 0.449. The number of fused-ring (bicyclic) bond motifs is 1. The average Bonchev–Trinajstić information content (AvgIpc) is 2.57. The summed E-state index contributed by atoms with van der Waals surface area (Å²) in [4.78, 5) is 0. The first-order chi connectivity index (χ1) is 7.16. The van der Waals surface area contributed by atoms with Crippen molar-refractivity contribution in [1.29, 1.82) is 0 Å². The number of halogens is 1. The van der Waals surface area contributed by atoms with Crippen molar-refractivity contribution in [3.8, 4) is 0 Å². The molecule has 0 aliphatic heterocycles. The summed E-state index contributed by atoms with van der Waals surface area (Å²) in [6, 6.07) is 4.35. The average molecular weight is 269 g/mol. The molecule has 0 radical (unpaired) electrons. The van der Waals surface area contributed by atoms with E-state index in [0.29, 0.717) is 6.04 Å². The van der Waals surface area contributed by atoms with Gasteiger partial charge in [0.25, 0.3) is 0 Å². The summed E-state index contributed by atoms with van der Waals surface area (Å²) in [5, 5.41) is 11.5. The minimum Gasteiger partial charge on any atom is -0.308 e. The molecule has 0 unspecified atom stereocenters. The first kappa shape index (κ1) is 10.6. The molecule has 2 rings (SSSR count). The normalized spacial score (nSPS) is 11.5. The fraction of sp³-hybridized carbons (Fsp3) is 0.400. The van der Waals surface area contributed by atoms with Gasteiger partial charge in [-0.1, -0.05) is 13.8 Å². The molecule has 2 aromatic rings. The van der Waals surface area contributed by atoms with Crippen molar-refractivity contribution in [2.45, 2.75) is 26.4 Å². The Morgan fingerprint density at radius 3 is 2.93 bits per heavy atom. The van der Waals surface area contributed by atoms with Crippen molar-refractivity contribution >= 4 is 21.6 Å². The Hall–Kier alpha value is -0.940. The minimum atomic E-state index is 0.449. The Balaban J connectivity index is 2.31. The smallest absolute Gasteiger partial charge is 0.160 e. The maximum atomic E-state index is 4.14. The lowest BCUT2D eigenvalue weighted by molar-refractivity contribution is 0.569. The number of nitrogens with one attached hydrogen (secondary N) is 1. The number of hydrogen-bond donors (Lipinski definition) is 1. The van der Waals surface area contributed by atoms with Gasteiger partial charge in [0, 0.05) is 16.7 Å². The molecule has 0 amide bonds. The van der Waals surface area contributed by atoms with Crippen LogP contribution in [0.1, 0.15) is 19.7 Å². The molecule has 0 saturated heterocycles. The van der Waals surface area contributed by atoms with E-state index in [9.17, 15) is 0 Å². The van der Waals surface area contributed by atoms with E-state index in [2.05, 4.69) is 45.3 Å². The molecule has 0 bridgehead atoms. The van der Waals surface area contributed by atoms with E-state index in [-0.39, 0.29) is 0 Å². The van der Waals surface area contributed by atoms with Gasteiger partial charge in [0.1, 0.15) is 0 Å². The number of pyridine rings is 1. The predicted molar refractivity (Wildman–Crippen MR) is 62.7 cm³/mol. The van der Waals surface area contributed by atoms with Gasteiger partial charge in [-0.25, -0.2) is 0 Å². The molecule has 2 aromatic heterocycles. The van der Waals surface area contributed by atoms with Crippen LogP contribution in [0.4, 0.5) is 0 Å². The van der Waals surface area contributed by atoms with Crippen LogP contribution in [0.2, 0.25) is 0 Å². The van der Waals surface area contributed by atoms with Crippen molar-refractivity contribution in [3.63, 3.8) is 0 Å². The molecule has 0 aliphatic carbocycles. The molecule has 0 saturated carbocycles. The van der Waals surface area contributed by atoms with Crippen LogP contribution in [0.25, 0.3) is 5.65 Å². The number of aromatic nitrogens is 3. The predicted octanol–water partition coefficient (Wildman–Crippen LogP) is 1.99. The van der Waals surface area contributed by atoms with Gasteiger partial charge in [-0.05, 0) is 28.1 Å². The van der Waals surface area contributed by atoms with E-state index in [4.69, 9.17) is 0 Å². The summed E-state index contributed by atoms with van der Waals surface area (Å²) >= 11 is 3.43. The van der Waals surface area contributed by atoms with E-state index in [0.717, 1.165) is 22.5 Å². The highest BCUT2D eigenvalue weighted by Crippen LogP contribution is 2.11. The van der Waals surface area contributed by atoms with Gasteiger partial charge in [-0.15, -0.1) is 10.2 Å².